The average molecular weight is 499 g/mol. The van der Waals surface area contributed by atoms with E-state index in [1.165, 1.54) is 17.9 Å². The minimum Gasteiger partial charge on any atom is -0.481 e. The molecule has 1 N–H and O–H groups in total. The largest absolute Gasteiger partial charge is 0.481 e. The van der Waals surface area contributed by atoms with E-state index in [2.05, 4.69) is 26.8 Å². The van der Waals surface area contributed by atoms with Crippen molar-refractivity contribution in [3.05, 3.63) is 64.9 Å². The lowest BCUT2D eigenvalue weighted by atomic mass is 9.69. The van der Waals surface area contributed by atoms with E-state index in [9.17, 15) is 14.4 Å². The highest BCUT2D eigenvalue weighted by atomic mass is 16.5. The number of carbonyl (C=O) groups is 3. The third-order valence-corrected chi connectivity index (χ3v) is 6.14. The Morgan fingerprint density at radius 2 is 1.89 bits per heavy atom. The first kappa shape index (κ1) is 28.9. The zero-order valence-electron chi connectivity index (χ0n) is 22.2. The van der Waals surface area contributed by atoms with E-state index in [0.717, 1.165) is 35.3 Å². The first-order chi connectivity index (χ1) is 16.9. The number of ether oxygens (including phenoxy) is 2. The summed E-state index contributed by atoms with van der Waals surface area (Å²) < 4.78 is 16.8. The highest BCUT2D eigenvalue weighted by molar-refractivity contribution is 5.83. The van der Waals surface area contributed by atoms with Gasteiger partial charge in [-0.15, -0.1) is 0 Å². The monoisotopic (exact) mass is 498 g/mol. The average Bonchev–Trinajstić information content (AvgIpc) is 3.10. The maximum Gasteiger partial charge on any atom is 0.335 e. The molecule has 0 amide bonds. The van der Waals surface area contributed by atoms with Crippen LogP contribution in [0.15, 0.2) is 52.2 Å². The summed E-state index contributed by atoms with van der Waals surface area (Å²) in [6, 6.07) is 1.98. The zero-order chi connectivity index (χ0) is 26.9. The van der Waals surface area contributed by atoms with Crippen molar-refractivity contribution in [3.8, 4) is 0 Å². The van der Waals surface area contributed by atoms with Crippen LogP contribution < -0.4 is 0 Å². The van der Waals surface area contributed by atoms with Gasteiger partial charge in [-0.25, -0.2) is 4.79 Å². The Bertz CT molecular complexity index is 1080. The number of rotatable bonds is 11. The van der Waals surface area contributed by atoms with E-state index < -0.39 is 17.9 Å². The second kappa shape index (κ2) is 13.1. The summed E-state index contributed by atoms with van der Waals surface area (Å²) in [4.78, 5) is 34.9. The summed E-state index contributed by atoms with van der Waals surface area (Å²) >= 11 is 0. The lowest BCUT2D eigenvalue weighted by Crippen LogP contribution is -2.23. The number of carboxylic acid groups (broad SMARTS) is 1. The number of esters is 2. The van der Waals surface area contributed by atoms with Crippen molar-refractivity contribution >= 4 is 23.5 Å². The van der Waals surface area contributed by atoms with Crippen molar-refractivity contribution in [2.75, 3.05) is 6.61 Å². The number of aliphatic carboxylic acids is 1. The molecule has 36 heavy (non-hydrogen) atoms. The van der Waals surface area contributed by atoms with Gasteiger partial charge in [0.1, 0.15) is 18.1 Å². The molecule has 7 heteroatoms. The third-order valence-electron chi connectivity index (χ3n) is 6.14. The fourth-order valence-electron chi connectivity index (χ4n) is 4.27. The van der Waals surface area contributed by atoms with E-state index in [0.29, 0.717) is 12.2 Å². The molecule has 1 aromatic heterocycles. The van der Waals surface area contributed by atoms with Crippen LogP contribution >= 0.6 is 0 Å². The van der Waals surface area contributed by atoms with Crippen LogP contribution in [0.5, 0.6) is 0 Å². The Morgan fingerprint density at radius 1 is 1.17 bits per heavy atom. The first-order valence-corrected chi connectivity index (χ1v) is 12.2. The van der Waals surface area contributed by atoms with Crippen molar-refractivity contribution in [1.82, 2.24) is 0 Å². The van der Waals surface area contributed by atoms with E-state index in [4.69, 9.17) is 19.0 Å². The SMILES string of the molecule is CC(C)=CCC[C@@]1(C)CC=C(COC(=O)CCC(=O)O)c2oc(C)cc2[C@@H]1/C=C/OC(=O)C=C(C)C. The maximum absolute atomic E-state index is 12.1. The van der Waals surface area contributed by atoms with Gasteiger partial charge in [0.05, 0.1) is 19.1 Å². The fraction of sp³-hybridized carbons (Fsp3) is 0.483. The van der Waals surface area contributed by atoms with Crippen molar-refractivity contribution in [1.29, 1.82) is 0 Å². The van der Waals surface area contributed by atoms with Crippen LogP contribution in [-0.4, -0.2) is 29.6 Å². The summed E-state index contributed by atoms with van der Waals surface area (Å²) in [7, 11) is 0. The van der Waals surface area contributed by atoms with Gasteiger partial charge in [0.15, 0.2) is 0 Å². The number of allylic oxidation sites excluding steroid dienone is 5. The fourth-order valence-corrected chi connectivity index (χ4v) is 4.27. The van der Waals surface area contributed by atoms with E-state index in [1.807, 2.05) is 39.0 Å². The number of hydrogen-bond donors (Lipinski definition) is 1. The Kier molecular flexibility index (Phi) is 10.5. The molecule has 2 rings (SSSR count). The van der Waals surface area contributed by atoms with Gasteiger partial charge in [0.25, 0.3) is 0 Å². The molecule has 2 atom stereocenters. The quantitative estimate of drug-likeness (QED) is 0.158. The summed E-state index contributed by atoms with van der Waals surface area (Å²) in [6.45, 7) is 11.9. The minimum absolute atomic E-state index is 0.00551. The molecule has 0 fully saturated rings. The summed E-state index contributed by atoms with van der Waals surface area (Å²) in [5.74, 6) is -0.808. The van der Waals surface area contributed by atoms with Gasteiger partial charge >= 0.3 is 17.9 Å². The molecular weight excluding hydrogens is 460 g/mol. The highest BCUT2D eigenvalue weighted by Crippen LogP contribution is 2.49. The van der Waals surface area contributed by atoms with Crippen molar-refractivity contribution in [2.45, 2.75) is 79.6 Å². The van der Waals surface area contributed by atoms with Gasteiger partial charge in [-0.05, 0) is 71.4 Å². The molecule has 0 aromatic carbocycles. The van der Waals surface area contributed by atoms with Gasteiger partial charge in [0, 0.05) is 23.1 Å². The van der Waals surface area contributed by atoms with Gasteiger partial charge in [-0.3, -0.25) is 9.59 Å². The van der Waals surface area contributed by atoms with Crippen molar-refractivity contribution in [2.24, 2.45) is 5.41 Å². The molecule has 196 valence electrons. The summed E-state index contributed by atoms with van der Waals surface area (Å²) in [5, 5.41) is 8.81. The molecule has 0 radical (unpaired) electrons. The predicted molar refractivity (Wildman–Crippen MR) is 138 cm³/mol. The maximum atomic E-state index is 12.1. The molecule has 0 spiro atoms. The second-order valence-electron chi connectivity index (χ2n) is 10.1. The Morgan fingerprint density at radius 3 is 2.53 bits per heavy atom. The minimum atomic E-state index is -1.04. The normalized spacial score (nSPS) is 19.1. The molecule has 0 saturated heterocycles. The molecule has 0 aliphatic heterocycles. The summed E-state index contributed by atoms with van der Waals surface area (Å²) in [6.07, 6.45) is 11.0. The van der Waals surface area contributed by atoms with Crippen LogP contribution in [0.2, 0.25) is 0 Å². The topological polar surface area (TPSA) is 103 Å². The number of carboxylic acids is 1. The first-order valence-electron chi connectivity index (χ1n) is 12.2. The van der Waals surface area contributed by atoms with Crippen molar-refractivity contribution in [3.63, 3.8) is 0 Å². The number of fused-ring (bicyclic) bond motifs is 1. The molecular formula is C29H38O7. The molecule has 0 saturated carbocycles. The van der Waals surface area contributed by atoms with E-state index >= 15 is 0 Å². The van der Waals surface area contributed by atoms with Gasteiger partial charge < -0.3 is 19.0 Å². The smallest absolute Gasteiger partial charge is 0.335 e. The highest BCUT2D eigenvalue weighted by Gasteiger charge is 2.38. The van der Waals surface area contributed by atoms with Crippen molar-refractivity contribution < 1.29 is 33.4 Å². The second-order valence-corrected chi connectivity index (χ2v) is 10.1. The van der Waals surface area contributed by atoms with Gasteiger partial charge in [-0.1, -0.05) is 30.2 Å². The van der Waals surface area contributed by atoms with Gasteiger partial charge in [0.2, 0.25) is 0 Å². The number of hydrogen-bond acceptors (Lipinski definition) is 6. The molecule has 1 heterocycles. The molecule has 1 aliphatic rings. The number of carbonyl (C=O) groups excluding carboxylic acids is 2. The summed E-state index contributed by atoms with van der Waals surface area (Å²) in [5.41, 5.74) is 3.55. The predicted octanol–water partition coefficient (Wildman–Crippen LogP) is 6.64. The van der Waals surface area contributed by atoms with Crippen LogP contribution in [0.1, 0.15) is 89.7 Å². The molecule has 0 bridgehead atoms. The Hall–Kier alpha value is -3.35. The van der Waals surface area contributed by atoms with Crippen LogP contribution in [-0.2, 0) is 23.9 Å². The molecule has 0 unspecified atom stereocenters. The molecule has 7 nitrogen and oxygen atoms in total. The standard InChI is InChI=1S/C29H38O7/c1-19(2)8-7-13-29(6)14-11-22(18-35-26(32)10-9-25(30)31)28-23(17-21(5)36-28)24(29)12-15-34-27(33)16-20(3)4/h8,11-12,15-17,24H,7,9-10,13-14,18H2,1-6H3,(H,30,31)/b15-12+/t24-,29-/m0/s1. The van der Waals surface area contributed by atoms with E-state index in [1.54, 1.807) is 0 Å². The zero-order valence-corrected chi connectivity index (χ0v) is 22.2. The van der Waals surface area contributed by atoms with Crippen LogP contribution in [0.4, 0.5) is 0 Å². The van der Waals surface area contributed by atoms with Crippen LogP contribution in [0.25, 0.3) is 5.57 Å². The molecule has 1 aromatic rings. The van der Waals surface area contributed by atoms with Crippen LogP contribution in [0, 0.1) is 12.3 Å². The van der Waals surface area contributed by atoms with E-state index in [-0.39, 0.29) is 30.8 Å². The van der Waals surface area contributed by atoms with Gasteiger partial charge in [-0.2, -0.15) is 0 Å². The molecule has 1 aliphatic carbocycles. The Balaban J connectivity index is 2.38. The lowest BCUT2D eigenvalue weighted by Gasteiger charge is -2.34. The Labute approximate surface area is 213 Å². The third kappa shape index (κ3) is 8.70. The number of aryl methyl sites for hydroxylation is 1. The van der Waals surface area contributed by atoms with Crippen LogP contribution in [0.3, 0.4) is 0 Å². The lowest BCUT2D eigenvalue weighted by molar-refractivity contribution is -0.146. The number of furan rings is 1.